The maximum Gasteiger partial charge on any atom is 0.270 e. The number of aromatic nitrogens is 2. The highest BCUT2D eigenvalue weighted by Crippen LogP contribution is 2.22. The molecule has 0 aliphatic heterocycles. The van der Waals surface area contributed by atoms with Gasteiger partial charge in [0.1, 0.15) is 18.2 Å². The molecule has 1 amide bonds. The first-order valence-corrected chi connectivity index (χ1v) is 8.96. The van der Waals surface area contributed by atoms with Crippen molar-refractivity contribution in [1.82, 2.24) is 9.55 Å². The van der Waals surface area contributed by atoms with Gasteiger partial charge >= 0.3 is 0 Å². The molecule has 0 unspecified atom stereocenters. The fourth-order valence-electron chi connectivity index (χ4n) is 2.32. The number of nitro benzene ring substituents is 1. The largest absolute Gasteiger partial charge is 0.486 e. The highest BCUT2D eigenvalue weighted by molar-refractivity contribution is 14.1. The normalized spacial score (nSPS) is 10.4. The summed E-state index contributed by atoms with van der Waals surface area (Å²) in [6.45, 7) is 0.334. The number of amides is 1. The van der Waals surface area contributed by atoms with Gasteiger partial charge in [-0.3, -0.25) is 14.9 Å². The van der Waals surface area contributed by atoms with Gasteiger partial charge in [0.25, 0.3) is 11.6 Å². The molecule has 0 spiro atoms. The number of non-ortho nitro benzene ring substituents is 1. The van der Waals surface area contributed by atoms with Gasteiger partial charge in [-0.05, 0) is 52.9 Å². The van der Waals surface area contributed by atoms with Gasteiger partial charge in [0.15, 0.2) is 0 Å². The molecule has 0 fully saturated rings. The van der Waals surface area contributed by atoms with Crippen molar-refractivity contribution in [1.29, 1.82) is 0 Å². The number of imidazole rings is 1. The molecule has 3 rings (SSSR count). The number of halogens is 1. The minimum atomic E-state index is -0.527. The summed E-state index contributed by atoms with van der Waals surface area (Å²) in [5.74, 6) is 1.03. The Kier molecular flexibility index (Phi) is 5.69. The van der Waals surface area contributed by atoms with E-state index in [1.54, 1.807) is 36.5 Å². The molecule has 0 saturated heterocycles. The average molecular weight is 478 g/mol. The van der Waals surface area contributed by atoms with Crippen LogP contribution in [-0.4, -0.2) is 20.4 Å². The summed E-state index contributed by atoms with van der Waals surface area (Å²) in [6.07, 6.45) is 3.54. The minimum Gasteiger partial charge on any atom is -0.486 e. The van der Waals surface area contributed by atoms with Crippen molar-refractivity contribution in [3.63, 3.8) is 0 Å². The van der Waals surface area contributed by atoms with Crippen LogP contribution in [0, 0.1) is 13.7 Å². The van der Waals surface area contributed by atoms with Gasteiger partial charge in [0, 0.05) is 40.8 Å². The van der Waals surface area contributed by atoms with Crippen LogP contribution < -0.4 is 10.1 Å². The summed E-state index contributed by atoms with van der Waals surface area (Å²) in [5.41, 5.74) is 0.685. The van der Waals surface area contributed by atoms with Crippen molar-refractivity contribution in [2.45, 2.75) is 6.61 Å². The van der Waals surface area contributed by atoms with E-state index >= 15 is 0 Å². The van der Waals surface area contributed by atoms with Gasteiger partial charge in [0.2, 0.25) is 0 Å². The average Bonchev–Trinajstić information content (AvgIpc) is 3.06. The van der Waals surface area contributed by atoms with E-state index in [1.807, 2.05) is 40.4 Å². The zero-order valence-electron chi connectivity index (χ0n) is 14.3. The van der Waals surface area contributed by atoms with Gasteiger partial charge < -0.3 is 14.6 Å². The zero-order valence-corrected chi connectivity index (χ0v) is 16.4. The first-order chi connectivity index (χ1) is 12.9. The van der Waals surface area contributed by atoms with Crippen molar-refractivity contribution >= 4 is 39.9 Å². The van der Waals surface area contributed by atoms with Crippen molar-refractivity contribution in [3.05, 3.63) is 79.9 Å². The lowest BCUT2D eigenvalue weighted by atomic mass is 10.2. The molecule has 1 N–H and O–H groups in total. The van der Waals surface area contributed by atoms with Crippen molar-refractivity contribution in [2.24, 2.45) is 7.05 Å². The van der Waals surface area contributed by atoms with Gasteiger partial charge in [0.05, 0.1) is 10.5 Å². The maximum atomic E-state index is 12.4. The van der Waals surface area contributed by atoms with E-state index in [-0.39, 0.29) is 11.3 Å². The molecule has 1 heterocycles. The van der Waals surface area contributed by atoms with E-state index in [0.717, 1.165) is 5.82 Å². The van der Waals surface area contributed by atoms with Gasteiger partial charge in [-0.25, -0.2) is 4.98 Å². The van der Waals surface area contributed by atoms with Crippen molar-refractivity contribution in [3.8, 4) is 5.75 Å². The van der Waals surface area contributed by atoms with E-state index < -0.39 is 10.8 Å². The molecule has 138 valence electrons. The molecule has 0 aliphatic rings. The molecule has 0 atom stereocenters. The molecule has 8 nitrogen and oxygen atoms in total. The summed E-state index contributed by atoms with van der Waals surface area (Å²) in [5, 5.41) is 13.6. The molecule has 3 aromatic rings. The smallest absolute Gasteiger partial charge is 0.270 e. The second kappa shape index (κ2) is 8.16. The van der Waals surface area contributed by atoms with Gasteiger partial charge in [-0.1, -0.05) is 0 Å². The lowest BCUT2D eigenvalue weighted by Gasteiger charge is -2.09. The van der Waals surface area contributed by atoms with Crippen LogP contribution in [0.2, 0.25) is 0 Å². The predicted molar refractivity (Wildman–Crippen MR) is 108 cm³/mol. The third-order valence-corrected chi connectivity index (χ3v) is 4.75. The van der Waals surface area contributed by atoms with Crippen LogP contribution in [0.1, 0.15) is 16.2 Å². The number of rotatable bonds is 6. The van der Waals surface area contributed by atoms with Crippen molar-refractivity contribution < 1.29 is 14.5 Å². The van der Waals surface area contributed by atoms with E-state index in [9.17, 15) is 14.9 Å². The molecular formula is C18H15IN4O4. The molecule has 0 aliphatic carbocycles. The second-order valence-corrected chi connectivity index (χ2v) is 6.81. The number of carbonyl (C=O) groups excluding carboxylic acids is 1. The van der Waals surface area contributed by atoms with E-state index in [4.69, 9.17) is 4.74 Å². The summed E-state index contributed by atoms with van der Waals surface area (Å²) >= 11 is 1.97. The first kappa shape index (κ1) is 18.8. The number of anilines is 1. The number of aryl methyl sites for hydroxylation is 1. The summed E-state index contributed by atoms with van der Waals surface area (Å²) in [4.78, 5) is 27.0. The van der Waals surface area contributed by atoms with E-state index in [1.165, 1.54) is 12.1 Å². The Hall–Kier alpha value is -2.95. The molecule has 27 heavy (non-hydrogen) atoms. The number of hydrogen-bond donors (Lipinski definition) is 1. The summed E-state index contributed by atoms with van der Waals surface area (Å²) in [6, 6.07) is 11.1. The number of hydrogen-bond acceptors (Lipinski definition) is 5. The molecule has 1 aromatic heterocycles. The first-order valence-electron chi connectivity index (χ1n) is 7.88. The fraction of sp³-hybridized carbons (Fsp3) is 0.111. The Bertz CT molecular complexity index is 985. The van der Waals surface area contributed by atoms with Crippen LogP contribution in [0.5, 0.6) is 5.75 Å². The van der Waals surface area contributed by atoms with Crippen LogP contribution in [0.3, 0.4) is 0 Å². The van der Waals surface area contributed by atoms with Crippen LogP contribution in [0.25, 0.3) is 0 Å². The van der Waals surface area contributed by atoms with Crippen LogP contribution in [0.15, 0.2) is 54.9 Å². The number of nitrogens with zero attached hydrogens (tertiary/aromatic N) is 3. The van der Waals surface area contributed by atoms with Gasteiger partial charge in [-0.2, -0.15) is 0 Å². The molecule has 0 saturated carbocycles. The maximum absolute atomic E-state index is 12.4. The summed E-state index contributed by atoms with van der Waals surface area (Å²) in [7, 11) is 1.89. The van der Waals surface area contributed by atoms with Crippen LogP contribution in [0.4, 0.5) is 11.4 Å². The standard InChI is InChI=1S/C18H15IN4O4/c1-22-9-8-20-17(22)11-27-14-5-2-12(3-6-14)21-18(24)15-10-13(23(25)26)4-7-16(15)19/h2-10H,11H2,1H3,(H,21,24). The molecule has 0 radical (unpaired) electrons. The number of nitrogens with one attached hydrogen (secondary N) is 1. The quantitative estimate of drug-likeness (QED) is 0.331. The molecule has 0 bridgehead atoms. The topological polar surface area (TPSA) is 99.3 Å². The second-order valence-electron chi connectivity index (χ2n) is 5.64. The Morgan fingerprint density at radius 3 is 2.67 bits per heavy atom. The lowest BCUT2D eigenvalue weighted by molar-refractivity contribution is -0.384. The monoisotopic (exact) mass is 478 g/mol. The number of benzene rings is 2. The van der Waals surface area contributed by atoms with E-state index in [0.29, 0.717) is 21.6 Å². The summed E-state index contributed by atoms with van der Waals surface area (Å²) < 4.78 is 8.17. The third-order valence-electron chi connectivity index (χ3n) is 3.81. The Morgan fingerprint density at radius 1 is 1.30 bits per heavy atom. The van der Waals surface area contributed by atoms with E-state index in [2.05, 4.69) is 10.3 Å². The lowest BCUT2D eigenvalue weighted by Crippen LogP contribution is -2.13. The third kappa shape index (κ3) is 4.61. The predicted octanol–water partition coefficient (Wildman–Crippen LogP) is 3.76. The highest BCUT2D eigenvalue weighted by Gasteiger charge is 2.15. The van der Waals surface area contributed by atoms with Crippen molar-refractivity contribution in [2.75, 3.05) is 5.32 Å². The molecule has 2 aromatic carbocycles. The van der Waals surface area contributed by atoms with Crippen LogP contribution >= 0.6 is 22.6 Å². The Balaban J connectivity index is 1.66. The molecular weight excluding hydrogens is 463 g/mol. The fourth-order valence-corrected chi connectivity index (χ4v) is 2.90. The van der Waals surface area contributed by atoms with Crippen LogP contribution in [-0.2, 0) is 13.7 Å². The zero-order chi connectivity index (χ0) is 19.4. The molecule has 9 heteroatoms. The minimum absolute atomic E-state index is 0.126. The number of carbonyl (C=O) groups is 1. The Morgan fingerprint density at radius 2 is 2.04 bits per heavy atom. The van der Waals surface area contributed by atoms with Gasteiger partial charge in [-0.15, -0.1) is 0 Å². The number of ether oxygens (including phenoxy) is 1. The highest BCUT2D eigenvalue weighted by atomic mass is 127. The SMILES string of the molecule is Cn1ccnc1COc1ccc(NC(=O)c2cc([N+](=O)[O-])ccc2I)cc1. The number of nitro groups is 1. The Labute approximate surface area is 168 Å².